The maximum Gasteiger partial charge on any atom is 0.120 e. The van der Waals surface area contributed by atoms with Crippen LogP contribution in [0.25, 0.3) is 10.9 Å². The predicted octanol–water partition coefficient (Wildman–Crippen LogP) is 3.00. The molecule has 96 valence electrons. The van der Waals surface area contributed by atoms with Gasteiger partial charge in [0.1, 0.15) is 5.00 Å². The van der Waals surface area contributed by atoms with Crippen molar-refractivity contribution in [3.05, 3.63) is 24.3 Å². The van der Waals surface area contributed by atoms with Gasteiger partial charge in [-0.05, 0) is 49.9 Å². The number of nitrogens with two attached hydrogens (primary N) is 1. The van der Waals surface area contributed by atoms with Crippen molar-refractivity contribution in [3.8, 4) is 0 Å². The summed E-state index contributed by atoms with van der Waals surface area (Å²) in [6.07, 6.45) is 3.75. The fraction of sp³-hybridized carbons (Fsp3) is 0.500. The van der Waals surface area contributed by atoms with Crippen molar-refractivity contribution in [2.24, 2.45) is 5.73 Å². The Balaban J connectivity index is 2.01. The zero-order valence-corrected chi connectivity index (χ0v) is 11.5. The van der Waals surface area contributed by atoms with Crippen LogP contribution in [0, 0.1) is 0 Å². The van der Waals surface area contributed by atoms with E-state index in [-0.39, 0.29) is 6.04 Å². The van der Waals surface area contributed by atoms with Crippen LogP contribution in [0.1, 0.15) is 26.2 Å². The zero-order chi connectivity index (χ0) is 12.5. The predicted molar refractivity (Wildman–Crippen MR) is 78.3 cm³/mol. The molecule has 4 heteroatoms. The lowest BCUT2D eigenvalue weighted by atomic mass is 9.97. The molecule has 18 heavy (non-hydrogen) atoms. The highest BCUT2D eigenvalue weighted by molar-refractivity contribution is 7.11. The van der Waals surface area contributed by atoms with E-state index >= 15 is 0 Å². The highest BCUT2D eigenvalue weighted by Gasteiger charge is 2.27. The van der Waals surface area contributed by atoms with Gasteiger partial charge in [0.25, 0.3) is 0 Å². The van der Waals surface area contributed by atoms with Crippen LogP contribution in [0.3, 0.4) is 0 Å². The van der Waals surface area contributed by atoms with Gasteiger partial charge in [-0.15, -0.1) is 0 Å². The molecule has 1 fully saturated rings. The van der Waals surface area contributed by atoms with Gasteiger partial charge in [0, 0.05) is 24.0 Å². The Morgan fingerprint density at radius 1 is 1.39 bits per heavy atom. The fourth-order valence-electron chi connectivity index (χ4n) is 2.84. The number of aromatic nitrogens is 1. The smallest absolute Gasteiger partial charge is 0.120 e. The van der Waals surface area contributed by atoms with Gasteiger partial charge >= 0.3 is 0 Å². The van der Waals surface area contributed by atoms with E-state index in [0.717, 1.165) is 12.1 Å². The van der Waals surface area contributed by atoms with E-state index in [2.05, 4.69) is 34.4 Å². The first-order valence-electron chi connectivity index (χ1n) is 6.64. The first kappa shape index (κ1) is 11.9. The van der Waals surface area contributed by atoms with Gasteiger partial charge in [0.05, 0.1) is 5.52 Å². The summed E-state index contributed by atoms with van der Waals surface area (Å²) in [7, 11) is 0. The number of nitrogens with zero attached hydrogens (tertiary/aromatic N) is 2. The summed E-state index contributed by atoms with van der Waals surface area (Å²) in [5.41, 5.74) is 7.25. The average Bonchev–Trinajstić information content (AvgIpc) is 2.82. The third kappa shape index (κ3) is 1.99. The van der Waals surface area contributed by atoms with Crippen LogP contribution in [-0.4, -0.2) is 23.0 Å². The van der Waals surface area contributed by atoms with Crippen molar-refractivity contribution in [1.29, 1.82) is 0 Å². The molecular weight excluding hydrogens is 242 g/mol. The Morgan fingerprint density at radius 3 is 3.06 bits per heavy atom. The van der Waals surface area contributed by atoms with Crippen molar-refractivity contribution in [2.75, 3.05) is 11.4 Å². The summed E-state index contributed by atoms with van der Waals surface area (Å²) in [5, 5.41) is 2.57. The summed E-state index contributed by atoms with van der Waals surface area (Å²) < 4.78 is 4.55. The summed E-state index contributed by atoms with van der Waals surface area (Å²) >= 11 is 1.61. The van der Waals surface area contributed by atoms with E-state index in [1.54, 1.807) is 11.5 Å². The molecule has 1 aromatic heterocycles. The van der Waals surface area contributed by atoms with Gasteiger partial charge in [-0.25, -0.2) is 0 Å². The Labute approximate surface area is 112 Å². The Morgan fingerprint density at radius 2 is 2.22 bits per heavy atom. The normalized spacial score (nSPS) is 22.3. The molecule has 0 radical (unpaired) electrons. The van der Waals surface area contributed by atoms with E-state index in [1.165, 1.54) is 29.6 Å². The largest absolute Gasteiger partial charge is 0.357 e. The molecule has 0 spiro atoms. The van der Waals surface area contributed by atoms with Crippen LogP contribution < -0.4 is 10.6 Å². The average molecular weight is 261 g/mol. The van der Waals surface area contributed by atoms with Crippen LogP contribution >= 0.6 is 11.5 Å². The van der Waals surface area contributed by atoms with E-state index in [1.807, 2.05) is 6.07 Å². The van der Waals surface area contributed by atoms with Gasteiger partial charge < -0.3 is 10.6 Å². The molecule has 0 amide bonds. The molecule has 2 aromatic rings. The Hall–Kier alpha value is -1.13. The molecule has 1 aromatic carbocycles. The lowest BCUT2D eigenvalue weighted by Gasteiger charge is -2.38. The minimum Gasteiger partial charge on any atom is -0.357 e. The quantitative estimate of drug-likeness (QED) is 0.903. The number of hydrogen-bond acceptors (Lipinski definition) is 4. The molecule has 2 N–H and O–H groups in total. The Kier molecular flexibility index (Phi) is 3.22. The second-order valence-electron chi connectivity index (χ2n) is 5.12. The highest BCUT2D eigenvalue weighted by Crippen LogP contribution is 2.35. The first-order valence-corrected chi connectivity index (χ1v) is 7.41. The van der Waals surface area contributed by atoms with Crippen LogP contribution in [0.2, 0.25) is 0 Å². The van der Waals surface area contributed by atoms with Crippen molar-refractivity contribution in [2.45, 2.75) is 38.3 Å². The van der Waals surface area contributed by atoms with Gasteiger partial charge in [-0.3, -0.25) is 0 Å². The van der Waals surface area contributed by atoms with E-state index < -0.39 is 0 Å². The SMILES string of the molecule is CC(N)C1CCCCN1c1snc2ccccc12. The van der Waals surface area contributed by atoms with Gasteiger partial charge in [0.2, 0.25) is 0 Å². The maximum absolute atomic E-state index is 6.15. The molecule has 2 atom stereocenters. The molecule has 1 aliphatic heterocycles. The number of fused-ring (bicyclic) bond motifs is 1. The van der Waals surface area contributed by atoms with Gasteiger partial charge in [-0.1, -0.05) is 12.1 Å². The van der Waals surface area contributed by atoms with E-state index in [9.17, 15) is 0 Å². The molecule has 3 nitrogen and oxygen atoms in total. The van der Waals surface area contributed by atoms with E-state index in [4.69, 9.17) is 5.73 Å². The fourth-order valence-corrected chi connectivity index (χ4v) is 3.79. The van der Waals surface area contributed by atoms with Crippen molar-refractivity contribution >= 4 is 27.4 Å². The van der Waals surface area contributed by atoms with E-state index in [0.29, 0.717) is 6.04 Å². The van der Waals surface area contributed by atoms with Gasteiger partial charge in [-0.2, -0.15) is 4.37 Å². The summed E-state index contributed by atoms with van der Waals surface area (Å²) in [6, 6.07) is 9.06. The number of rotatable bonds is 2. The topological polar surface area (TPSA) is 42.1 Å². The molecule has 1 saturated heterocycles. The van der Waals surface area contributed by atoms with Crippen molar-refractivity contribution in [1.82, 2.24) is 4.37 Å². The van der Waals surface area contributed by atoms with Crippen LogP contribution in [0.5, 0.6) is 0 Å². The Bertz CT molecular complexity index is 535. The molecule has 0 bridgehead atoms. The number of anilines is 1. The van der Waals surface area contributed by atoms with Crippen LogP contribution in [0.4, 0.5) is 5.00 Å². The minimum atomic E-state index is 0.214. The van der Waals surface area contributed by atoms with Crippen LogP contribution in [-0.2, 0) is 0 Å². The third-order valence-electron chi connectivity index (χ3n) is 3.78. The highest BCUT2D eigenvalue weighted by atomic mass is 32.1. The zero-order valence-electron chi connectivity index (χ0n) is 10.7. The summed E-state index contributed by atoms with van der Waals surface area (Å²) in [5.74, 6) is 0. The number of benzene rings is 1. The monoisotopic (exact) mass is 261 g/mol. The van der Waals surface area contributed by atoms with Crippen molar-refractivity contribution in [3.63, 3.8) is 0 Å². The molecule has 3 rings (SSSR count). The summed E-state index contributed by atoms with van der Waals surface area (Å²) in [6.45, 7) is 3.23. The lowest BCUT2D eigenvalue weighted by molar-refractivity contribution is 0.416. The second-order valence-corrected chi connectivity index (χ2v) is 5.87. The van der Waals surface area contributed by atoms with Gasteiger partial charge in [0.15, 0.2) is 0 Å². The first-order chi connectivity index (χ1) is 8.77. The second kappa shape index (κ2) is 4.86. The molecule has 2 heterocycles. The molecule has 2 unspecified atom stereocenters. The summed E-state index contributed by atoms with van der Waals surface area (Å²) in [4.78, 5) is 2.48. The minimum absolute atomic E-state index is 0.214. The van der Waals surface area contributed by atoms with Crippen LogP contribution in [0.15, 0.2) is 24.3 Å². The molecule has 0 saturated carbocycles. The third-order valence-corrected chi connectivity index (χ3v) is 4.70. The molecular formula is C14H19N3S. The standard InChI is InChI=1S/C14H19N3S/c1-10(15)13-8-4-5-9-17(13)14-11-6-2-3-7-12(11)16-18-14/h2-3,6-7,10,13H,4-5,8-9,15H2,1H3. The molecule has 1 aliphatic rings. The number of hydrogen-bond donors (Lipinski definition) is 1. The maximum atomic E-state index is 6.15. The lowest BCUT2D eigenvalue weighted by Crippen LogP contribution is -2.49. The number of piperidine rings is 1. The van der Waals surface area contributed by atoms with Crippen molar-refractivity contribution < 1.29 is 0 Å². The molecule has 0 aliphatic carbocycles.